The molecule has 0 unspecified atom stereocenters. The first-order chi connectivity index (χ1) is 17.5. The molecule has 1 amide bonds. The average Bonchev–Trinajstić information content (AvgIpc) is 3.20. The Bertz CT molecular complexity index is 1230. The van der Waals surface area contributed by atoms with Crippen LogP contribution >= 0.6 is 11.8 Å². The van der Waals surface area contributed by atoms with Gasteiger partial charge < -0.3 is 19.7 Å². The summed E-state index contributed by atoms with van der Waals surface area (Å²) < 4.78 is 49.8. The number of nitrogens with one attached hydrogen (secondary N) is 1. The quantitative estimate of drug-likeness (QED) is 0.294. The second-order valence-electron chi connectivity index (χ2n) is 7.73. The maximum atomic E-state index is 13.0. The number of nitrogens with zero attached hydrogens (tertiary/aromatic N) is 3. The lowest BCUT2D eigenvalue weighted by atomic mass is 10.1. The van der Waals surface area contributed by atoms with Gasteiger partial charge in [0.05, 0.1) is 29.0 Å². The van der Waals surface area contributed by atoms with E-state index in [0.29, 0.717) is 35.0 Å². The molecule has 37 heavy (non-hydrogen) atoms. The Morgan fingerprint density at radius 1 is 1.14 bits per heavy atom. The highest BCUT2D eigenvalue weighted by molar-refractivity contribution is 8.18. The van der Waals surface area contributed by atoms with Gasteiger partial charge in [-0.2, -0.15) is 13.2 Å². The number of nitro benzene ring substituents is 1. The molecule has 13 heteroatoms. The monoisotopic (exact) mass is 538 g/mol. The van der Waals surface area contributed by atoms with Crippen molar-refractivity contribution in [1.82, 2.24) is 10.2 Å². The van der Waals surface area contributed by atoms with Crippen LogP contribution in [0, 0.1) is 10.1 Å². The summed E-state index contributed by atoms with van der Waals surface area (Å²) >= 11 is 0.995. The number of aliphatic imine (C=N–C) groups is 1. The smallest absolute Gasteiger partial charge is 0.416 e. The molecule has 9 nitrogen and oxygen atoms in total. The van der Waals surface area contributed by atoms with Gasteiger partial charge in [0.2, 0.25) is 5.75 Å². The highest BCUT2D eigenvalue weighted by atomic mass is 32.2. The first kappa shape index (κ1) is 28.0. The highest BCUT2D eigenvalue weighted by Gasteiger charge is 2.33. The summed E-state index contributed by atoms with van der Waals surface area (Å²) in [6, 6.07) is 6.69. The number of carbonyl (C=O) groups excluding carboxylic acids is 1. The SMILES string of the molecule is CCN(CC)CCN=C1NC(=O)S/C1=C\c1ccc(Oc2ccc(C(F)(F)F)cc2[N+](=O)[O-])c(OC)c1. The molecule has 0 bridgehead atoms. The summed E-state index contributed by atoms with van der Waals surface area (Å²) in [6.45, 7) is 7.18. The topological polar surface area (TPSA) is 106 Å². The highest BCUT2D eigenvalue weighted by Crippen LogP contribution is 2.40. The van der Waals surface area contributed by atoms with Crippen molar-refractivity contribution in [3.05, 3.63) is 62.5 Å². The average molecular weight is 539 g/mol. The molecule has 0 aromatic heterocycles. The Morgan fingerprint density at radius 3 is 2.46 bits per heavy atom. The number of amidine groups is 1. The number of nitro groups is 1. The van der Waals surface area contributed by atoms with Crippen LogP contribution in [0.5, 0.6) is 17.2 Å². The molecule has 2 aromatic rings. The van der Waals surface area contributed by atoms with Crippen LogP contribution in [0.4, 0.5) is 23.7 Å². The molecular formula is C24H25F3N4O5S. The van der Waals surface area contributed by atoms with Gasteiger partial charge in [0.25, 0.3) is 5.24 Å². The number of carbonyl (C=O) groups is 1. The number of hydrogen-bond acceptors (Lipinski definition) is 8. The minimum absolute atomic E-state index is 0.0638. The summed E-state index contributed by atoms with van der Waals surface area (Å²) in [6.07, 6.45) is -3.01. The Labute approximate surface area is 215 Å². The fourth-order valence-electron chi connectivity index (χ4n) is 3.44. The van der Waals surface area contributed by atoms with Gasteiger partial charge in [-0.3, -0.25) is 19.9 Å². The van der Waals surface area contributed by atoms with E-state index >= 15 is 0 Å². The van der Waals surface area contributed by atoms with Crippen LogP contribution in [0.2, 0.25) is 0 Å². The zero-order valence-corrected chi connectivity index (χ0v) is 21.1. The molecule has 1 aliphatic heterocycles. The first-order valence-electron chi connectivity index (χ1n) is 11.2. The maximum Gasteiger partial charge on any atom is 0.416 e. The van der Waals surface area contributed by atoms with Crippen molar-refractivity contribution >= 4 is 34.6 Å². The Hall–Kier alpha value is -3.58. The maximum absolute atomic E-state index is 13.0. The molecule has 0 atom stereocenters. The molecular weight excluding hydrogens is 513 g/mol. The molecule has 2 aromatic carbocycles. The van der Waals surface area contributed by atoms with Gasteiger partial charge in [0, 0.05) is 12.6 Å². The van der Waals surface area contributed by atoms with Gasteiger partial charge in [-0.25, -0.2) is 0 Å². The van der Waals surface area contributed by atoms with Crippen LogP contribution in [0.25, 0.3) is 6.08 Å². The zero-order valence-electron chi connectivity index (χ0n) is 20.3. The number of benzene rings is 2. The molecule has 1 N–H and O–H groups in total. The molecule has 0 radical (unpaired) electrons. The van der Waals surface area contributed by atoms with E-state index in [4.69, 9.17) is 9.47 Å². The fourth-order valence-corrected chi connectivity index (χ4v) is 4.20. The largest absolute Gasteiger partial charge is 0.493 e. The van der Waals surface area contributed by atoms with Gasteiger partial charge in [-0.05, 0) is 60.8 Å². The van der Waals surface area contributed by atoms with Crippen molar-refractivity contribution in [2.75, 3.05) is 33.3 Å². The van der Waals surface area contributed by atoms with Crippen LogP contribution in [0.1, 0.15) is 25.0 Å². The Kier molecular flexibility index (Phi) is 9.16. The van der Waals surface area contributed by atoms with E-state index in [9.17, 15) is 28.1 Å². The van der Waals surface area contributed by atoms with Crippen LogP contribution in [0.3, 0.4) is 0 Å². The number of thioether (sulfide) groups is 1. The number of alkyl halides is 3. The minimum atomic E-state index is -4.74. The van der Waals surface area contributed by atoms with Gasteiger partial charge in [0.1, 0.15) is 5.84 Å². The fraction of sp³-hybridized carbons (Fsp3) is 0.333. The molecule has 1 saturated heterocycles. The number of rotatable bonds is 10. The van der Waals surface area contributed by atoms with Crippen LogP contribution < -0.4 is 14.8 Å². The number of halogens is 3. The minimum Gasteiger partial charge on any atom is -0.493 e. The molecule has 0 aliphatic carbocycles. The number of ether oxygens (including phenoxy) is 2. The predicted octanol–water partition coefficient (Wildman–Crippen LogP) is 5.95. The van der Waals surface area contributed by atoms with Gasteiger partial charge in [-0.1, -0.05) is 19.9 Å². The first-order valence-corrected chi connectivity index (χ1v) is 12.1. The summed E-state index contributed by atoms with van der Waals surface area (Å²) in [5.41, 5.74) is -1.37. The molecule has 0 saturated carbocycles. The van der Waals surface area contributed by atoms with Crippen molar-refractivity contribution in [3.63, 3.8) is 0 Å². The van der Waals surface area contributed by atoms with Crippen LogP contribution in [0.15, 0.2) is 46.3 Å². The lowest BCUT2D eigenvalue weighted by molar-refractivity contribution is -0.385. The number of likely N-dealkylation sites (N-methyl/N-ethyl adjacent to an activating group) is 1. The third-order valence-corrected chi connectivity index (χ3v) is 6.24. The summed E-state index contributed by atoms with van der Waals surface area (Å²) in [4.78, 5) is 29.7. The van der Waals surface area contributed by atoms with Gasteiger partial charge >= 0.3 is 11.9 Å². The summed E-state index contributed by atoms with van der Waals surface area (Å²) in [5.74, 6) is 0.341. The Balaban J connectivity index is 1.86. The zero-order chi connectivity index (χ0) is 27.2. The summed E-state index contributed by atoms with van der Waals surface area (Å²) in [7, 11) is 1.36. The van der Waals surface area contributed by atoms with Crippen molar-refractivity contribution < 1.29 is 32.4 Å². The molecule has 1 heterocycles. The van der Waals surface area contributed by atoms with Crippen molar-refractivity contribution in [2.45, 2.75) is 20.0 Å². The normalized spacial score (nSPS) is 15.9. The van der Waals surface area contributed by atoms with E-state index in [2.05, 4.69) is 29.1 Å². The molecule has 3 rings (SSSR count). The molecule has 0 spiro atoms. The van der Waals surface area contributed by atoms with E-state index in [1.54, 1.807) is 18.2 Å². The summed E-state index contributed by atoms with van der Waals surface area (Å²) in [5, 5.41) is 13.8. The molecule has 1 aliphatic rings. The lowest BCUT2D eigenvalue weighted by Crippen LogP contribution is -2.27. The van der Waals surface area contributed by atoms with E-state index in [1.165, 1.54) is 13.2 Å². The van der Waals surface area contributed by atoms with Crippen LogP contribution in [-0.4, -0.2) is 54.2 Å². The number of hydrogen-bond donors (Lipinski definition) is 1. The van der Waals surface area contributed by atoms with Crippen molar-refractivity contribution in [1.29, 1.82) is 0 Å². The standard InChI is InChI=1S/C24H25F3N4O5S/c1-4-30(5-2)11-10-28-22-21(37-23(32)29-22)13-15-6-8-19(20(12-15)35-3)36-18-9-7-16(24(25,26)27)14-17(18)31(33)34/h6-9,12-14H,4-5,10-11H2,1-3H3,(H,28,29,32)/b21-13-. The van der Waals surface area contributed by atoms with Gasteiger partial charge in [-0.15, -0.1) is 0 Å². The van der Waals surface area contributed by atoms with Crippen molar-refractivity contribution in [3.8, 4) is 17.2 Å². The van der Waals surface area contributed by atoms with E-state index in [1.807, 2.05) is 0 Å². The second-order valence-corrected chi connectivity index (χ2v) is 8.74. The molecule has 1 fully saturated rings. The number of amides is 1. The van der Waals surface area contributed by atoms with Crippen molar-refractivity contribution in [2.24, 2.45) is 4.99 Å². The third kappa shape index (κ3) is 7.23. The van der Waals surface area contributed by atoms with E-state index in [-0.39, 0.29) is 22.5 Å². The lowest BCUT2D eigenvalue weighted by Gasteiger charge is -2.16. The third-order valence-electron chi connectivity index (χ3n) is 5.43. The second kappa shape index (κ2) is 12.1. The molecule has 198 valence electrons. The Morgan fingerprint density at radius 2 is 1.84 bits per heavy atom. The van der Waals surface area contributed by atoms with Crippen LogP contribution in [-0.2, 0) is 6.18 Å². The predicted molar refractivity (Wildman–Crippen MR) is 135 cm³/mol. The van der Waals surface area contributed by atoms with E-state index < -0.39 is 22.4 Å². The number of methoxy groups -OCH3 is 1. The van der Waals surface area contributed by atoms with Gasteiger partial charge in [0.15, 0.2) is 11.5 Å². The van der Waals surface area contributed by atoms with E-state index in [0.717, 1.165) is 37.5 Å².